The van der Waals surface area contributed by atoms with Crippen molar-refractivity contribution in [2.45, 2.75) is 77.2 Å². The lowest BCUT2D eigenvalue weighted by Crippen LogP contribution is -2.59. The number of aliphatic carboxylic acids is 3. The molecular weight excluding hydrogens is 304 g/mol. The van der Waals surface area contributed by atoms with E-state index in [1.165, 1.54) is 0 Å². The highest BCUT2D eigenvalue weighted by molar-refractivity contribution is 5.92. The van der Waals surface area contributed by atoms with Crippen LogP contribution in [0.1, 0.15) is 71.6 Å². The lowest BCUT2D eigenvalue weighted by atomic mass is 9.64. The Balaban J connectivity index is 5.75. The second kappa shape index (κ2) is 9.50. The van der Waals surface area contributed by atoms with Crippen molar-refractivity contribution in [3.05, 3.63) is 0 Å². The first-order valence-corrected chi connectivity index (χ1v) is 8.09. The Hall–Kier alpha value is -1.63. The average Bonchev–Trinajstić information content (AvgIpc) is 2.45. The van der Waals surface area contributed by atoms with Gasteiger partial charge in [0.05, 0.1) is 6.42 Å². The summed E-state index contributed by atoms with van der Waals surface area (Å²) in [5.74, 6) is -4.78. The standard InChI is InChI=1S/C16H28O7/c1-3-5-7-8-10-15(13(19)20,9-6-4-2)16(23,14(21)22)11-12(17)18/h23H,3-11H2,1-2H3,(H,17,18)(H,19,20)(H,21,22). The minimum Gasteiger partial charge on any atom is -0.481 e. The van der Waals surface area contributed by atoms with Crippen molar-refractivity contribution in [1.29, 1.82) is 0 Å². The molecule has 134 valence electrons. The summed E-state index contributed by atoms with van der Waals surface area (Å²) in [7, 11) is 0. The zero-order valence-corrected chi connectivity index (χ0v) is 13.9. The molecule has 0 aliphatic rings. The predicted octanol–water partition coefficient (Wildman–Crippen LogP) is 2.51. The van der Waals surface area contributed by atoms with Crippen molar-refractivity contribution in [3.63, 3.8) is 0 Å². The van der Waals surface area contributed by atoms with Crippen LogP contribution in [0.2, 0.25) is 0 Å². The van der Waals surface area contributed by atoms with Crippen molar-refractivity contribution in [2.75, 3.05) is 0 Å². The van der Waals surface area contributed by atoms with E-state index in [9.17, 15) is 29.7 Å². The molecule has 0 fully saturated rings. The molecule has 2 unspecified atom stereocenters. The summed E-state index contributed by atoms with van der Waals surface area (Å²) in [6.07, 6.45) is 2.69. The number of unbranched alkanes of at least 4 members (excludes halogenated alkanes) is 4. The van der Waals surface area contributed by atoms with Crippen LogP contribution in [0.4, 0.5) is 0 Å². The van der Waals surface area contributed by atoms with Crippen LogP contribution in [-0.4, -0.2) is 43.9 Å². The quantitative estimate of drug-likeness (QED) is 0.381. The molecule has 0 aromatic carbocycles. The molecule has 0 bridgehead atoms. The Kier molecular flexibility index (Phi) is 8.82. The fourth-order valence-corrected chi connectivity index (χ4v) is 2.93. The van der Waals surface area contributed by atoms with Crippen LogP contribution in [0.15, 0.2) is 0 Å². The lowest BCUT2D eigenvalue weighted by molar-refractivity contribution is -0.196. The second-order valence-electron chi connectivity index (χ2n) is 6.04. The van der Waals surface area contributed by atoms with Gasteiger partial charge in [0.25, 0.3) is 0 Å². The van der Waals surface area contributed by atoms with Gasteiger partial charge in [-0.25, -0.2) is 4.79 Å². The first kappa shape index (κ1) is 21.4. The van der Waals surface area contributed by atoms with Gasteiger partial charge in [-0.1, -0.05) is 52.4 Å². The average molecular weight is 332 g/mol. The molecule has 0 spiro atoms. The fourth-order valence-electron chi connectivity index (χ4n) is 2.93. The Morgan fingerprint density at radius 2 is 1.30 bits per heavy atom. The molecule has 7 heteroatoms. The molecule has 0 aromatic heterocycles. The molecule has 0 amide bonds. The summed E-state index contributed by atoms with van der Waals surface area (Å²) in [6, 6.07) is 0. The highest BCUT2D eigenvalue weighted by atomic mass is 16.4. The summed E-state index contributed by atoms with van der Waals surface area (Å²) in [5.41, 5.74) is -4.83. The highest BCUT2D eigenvalue weighted by Gasteiger charge is 2.61. The molecule has 2 atom stereocenters. The van der Waals surface area contributed by atoms with Crippen LogP contribution >= 0.6 is 0 Å². The van der Waals surface area contributed by atoms with Gasteiger partial charge >= 0.3 is 17.9 Å². The van der Waals surface area contributed by atoms with Gasteiger partial charge in [-0.05, 0) is 12.8 Å². The fraction of sp³-hybridized carbons (Fsp3) is 0.812. The van der Waals surface area contributed by atoms with Gasteiger partial charge in [-0.3, -0.25) is 9.59 Å². The highest BCUT2D eigenvalue weighted by Crippen LogP contribution is 2.44. The van der Waals surface area contributed by atoms with E-state index in [-0.39, 0.29) is 12.8 Å². The zero-order valence-electron chi connectivity index (χ0n) is 13.9. The van der Waals surface area contributed by atoms with Crippen LogP contribution in [0.5, 0.6) is 0 Å². The summed E-state index contributed by atoms with van der Waals surface area (Å²) < 4.78 is 0. The summed E-state index contributed by atoms with van der Waals surface area (Å²) in [6.45, 7) is 3.81. The van der Waals surface area contributed by atoms with Crippen molar-refractivity contribution in [3.8, 4) is 0 Å². The Morgan fingerprint density at radius 3 is 1.70 bits per heavy atom. The number of aliphatic hydroxyl groups is 1. The summed E-state index contributed by atoms with van der Waals surface area (Å²) in [4.78, 5) is 34.5. The SMILES string of the molecule is CCCCCCC(CCCC)(C(=O)O)C(O)(CC(=O)O)C(=O)O. The third-order valence-corrected chi connectivity index (χ3v) is 4.38. The van der Waals surface area contributed by atoms with Crippen LogP contribution in [0.25, 0.3) is 0 Å². The molecular formula is C16H28O7. The molecule has 0 aliphatic carbocycles. The second-order valence-corrected chi connectivity index (χ2v) is 6.04. The van der Waals surface area contributed by atoms with E-state index in [1.54, 1.807) is 0 Å². The van der Waals surface area contributed by atoms with Crippen LogP contribution < -0.4 is 0 Å². The zero-order chi connectivity index (χ0) is 18.1. The first-order valence-electron chi connectivity index (χ1n) is 8.09. The maximum absolute atomic E-state index is 11.9. The monoisotopic (exact) mass is 332 g/mol. The van der Waals surface area contributed by atoms with Crippen molar-refractivity contribution in [1.82, 2.24) is 0 Å². The van der Waals surface area contributed by atoms with E-state index in [2.05, 4.69) is 0 Å². The predicted molar refractivity (Wildman–Crippen MR) is 83.2 cm³/mol. The number of carboxylic acids is 3. The molecule has 0 rings (SSSR count). The van der Waals surface area contributed by atoms with E-state index in [0.717, 1.165) is 12.8 Å². The maximum atomic E-state index is 11.9. The van der Waals surface area contributed by atoms with Gasteiger partial charge in [0, 0.05) is 0 Å². The molecule has 0 radical (unpaired) electrons. The van der Waals surface area contributed by atoms with Crippen molar-refractivity contribution >= 4 is 17.9 Å². The van der Waals surface area contributed by atoms with Crippen molar-refractivity contribution in [2.24, 2.45) is 5.41 Å². The van der Waals surface area contributed by atoms with E-state index in [1.807, 2.05) is 13.8 Å². The summed E-state index contributed by atoms with van der Waals surface area (Å²) in [5, 5.41) is 38.6. The van der Waals surface area contributed by atoms with Crippen LogP contribution in [0.3, 0.4) is 0 Å². The Bertz CT molecular complexity index is 421. The van der Waals surface area contributed by atoms with Gasteiger partial charge in [0.1, 0.15) is 5.41 Å². The largest absolute Gasteiger partial charge is 0.481 e. The lowest BCUT2D eigenvalue weighted by Gasteiger charge is -2.41. The Labute approximate surface area is 136 Å². The number of carbonyl (C=O) groups is 3. The number of hydrogen-bond acceptors (Lipinski definition) is 4. The number of hydrogen-bond donors (Lipinski definition) is 4. The minimum absolute atomic E-state index is 0.0571. The van der Waals surface area contributed by atoms with Gasteiger partial charge in [0.2, 0.25) is 0 Å². The normalized spacial score (nSPS) is 16.3. The molecule has 0 aliphatic heterocycles. The third-order valence-electron chi connectivity index (χ3n) is 4.38. The third kappa shape index (κ3) is 5.20. The molecule has 0 aromatic rings. The molecule has 0 saturated heterocycles. The topological polar surface area (TPSA) is 132 Å². The number of rotatable bonds is 13. The molecule has 7 nitrogen and oxygen atoms in total. The van der Waals surface area contributed by atoms with E-state index >= 15 is 0 Å². The van der Waals surface area contributed by atoms with E-state index < -0.39 is 35.3 Å². The van der Waals surface area contributed by atoms with Crippen LogP contribution in [-0.2, 0) is 14.4 Å². The van der Waals surface area contributed by atoms with E-state index in [0.29, 0.717) is 25.7 Å². The van der Waals surface area contributed by atoms with Gasteiger partial charge in [-0.2, -0.15) is 0 Å². The van der Waals surface area contributed by atoms with E-state index in [4.69, 9.17) is 5.11 Å². The molecule has 0 heterocycles. The molecule has 0 saturated carbocycles. The van der Waals surface area contributed by atoms with Crippen molar-refractivity contribution < 1.29 is 34.8 Å². The van der Waals surface area contributed by atoms with Gasteiger partial charge < -0.3 is 20.4 Å². The first-order chi connectivity index (χ1) is 10.7. The Morgan fingerprint density at radius 1 is 0.783 bits per heavy atom. The maximum Gasteiger partial charge on any atom is 0.337 e. The molecule has 23 heavy (non-hydrogen) atoms. The minimum atomic E-state index is -2.83. The van der Waals surface area contributed by atoms with Crippen LogP contribution in [0, 0.1) is 5.41 Å². The number of carboxylic acid groups (broad SMARTS) is 3. The van der Waals surface area contributed by atoms with Gasteiger partial charge in [-0.15, -0.1) is 0 Å². The smallest absolute Gasteiger partial charge is 0.337 e. The van der Waals surface area contributed by atoms with Gasteiger partial charge in [0.15, 0.2) is 5.60 Å². The summed E-state index contributed by atoms with van der Waals surface area (Å²) >= 11 is 0. The molecule has 4 N–H and O–H groups in total.